The molecule has 16 heavy (non-hydrogen) atoms. The molecule has 0 heterocycles. The molecule has 0 unspecified atom stereocenters. The Labute approximate surface area is 109 Å². The highest BCUT2D eigenvalue weighted by atomic mass is 79.9. The Morgan fingerprint density at radius 3 is 2.56 bits per heavy atom. The summed E-state index contributed by atoms with van der Waals surface area (Å²) >= 11 is 9.14. The summed E-state index contributed by atoms with van der Waals surface area (Å²) in [6.07, 6.45) is 1.61. The number of halogens is 2. The number of hydrogen-bond acceptors (Lipinski definition) is 2. The zero-order chi connectivity index (χ0) is 12.3. The van der Waals surface area contributed by atoms with Gasteiger partial charge in [-0.25, -0.2) is 0 Å². The van der Waals surface area contributed by atoms with Gasteiger partial charge in [0.25, 0.3) is 0 Å². The molecular formula is C12H13BrClNO. The predicted molar refractivity (Wildman–Crippen MR) is 70.9 cm³/mol. The fourth-order valence-electron chi connectivity index (χ4n) is 1.09. The third-order valence-corrected chi connectivity index (χ3v) is 3.13. The Balaban J connectivity index is 3.02. The van der Waals surface area contributed by atoms with E-state index in [2.05, 4.69) is 15.9 Å². The Kier molecular flexibility index (Phi) is 4.56. The Morgan fingerprint density at radius 1 is 1.44 bits per heavy atom. The highest BCUT2D eigenvalue weighted by molar-refractivity contribution is 9.10. The van der Waals surface area contributed by atoms with Crippen LogP contribution in [0.5, 0.6) is 0 Å². The molecule has 2 nitrogen and oxygen atoms in total. The summed E-state index contributed by atoms with van der Waals surface area (Å²) < 4.78 is 0.716. The van der Waals surface area contributed by atoms with Gasteiger partial charge in [0, 0.05) is 40.9 Å². The Morgan fingerprint density at radius 2 is 2.06 bits per heavy atom. The average Bonchev–Trinajstić information content (AvgIpc) is 2.16. The molecule has 4 heteroatoms. The minimum absolute atomic E-state index is 0.0326. The van der Waals surface area contributed by atoms with Gasteiger partial charge < -0.3 is 4.90 Å². The van der Waals surface area contributed by atoms with Crippen LogP contribution in [0.4, 0.5) is 0 Å². The molecular weight excluding hydrogens is 289 g/mol. The van der Waals surface area contributed by atoms with Crippen molar-refractivity contribution in [3.05, 3.63) is 45.0 Å². The van der Waals surface area contributed by atoms with Crippen molar-refractivity contribution in [2.24, 2.45) is 0 Å². The van der Waals surface area contributed by atoms with E-state index in [0.717, 1.165) is 5.70 Å². The molecule has 1 aromatic carbocycles. The van der Waals surface area contributed by atoms with Crippen LogP contribution in [-0.4, -0.2) is 24.8 Å². The average molecular weight is 303 g/mol. The third-order valence-electron chi connectivity index (χ3n) is 2.24. The first-order chi connectivity index (χ1) is 7.41. The lowest BCUT2D eigenvalue weighted by atomic mass is 10.1. The van der Waals surface area contributed by atoms with Gasteiger partial charge in [0.1, 0.15) is 0 Å². The first kappa shape index (κ1) is 13.3. The van der Waals surface area contributed by atoms with Crippen LogP contribution in [0.1, 0.15) is 17.3 Å². The van der Waals surface area contributed by atoms with E-state index in [9.17, 15) is 4.79 Å². The van der Waals surface area contributed by atoms with Crippen molar-refractivity contribution in [1.29, 1.82) is 0 Å². The van der Waals surface area contributed by atoms with E-state index in [1.54, 1.807) is 24.3 Å². The lowest BCUT2D eigenvalue weighted by Crippen LogP contribution is -2.10. The van der Waals surface area contributed by atoms with Gasteiger partial charge in [-0.2, -0.15) is 0 Å². The molecule has 0 atom stereocenters. The second kappa shape index (κ2) is 5.51. The molecule has 0 aliphatic rings. The van der Waals surface area contributed by atoms with Crippen LogP contribution in [0.25, 0.3) is 0 Å². The number of carbonyl (C=O) groups is 1. The number of rotatable bonds is 3. The highest BCUT2D eigenvalue weighted by Gasteiger charge is 2.08. The van der Waals surface area contributed by atoms with E-state index in [-0.39, 0.29) is 5.78 Å². The van der Waals surface area contributed by atoms with Gasteiger partial charge in [0.2, 0.25) is 0 Å². The Hall–Kier alpha value is -0.800. The van der Waals surface area contributed by atoms with E-state index in [4.69, 9.17) is 11.6 Å². The van der Waals surface area contributed by atoms with Crippen molar-refractivity contribution >= 4 is 33.3 Å². The van der Waals surface area contributed by atoms with Crippen LogP contribution in [0.2, 0.25) is 5.02 Å². The fraction of sp³-hybridized carbons (Fsp3) is 0.250. The van der Waals surface area contributed by atoms with E-state index in [0.29, 0.717) is 15.1 Å². The topological polar surface area (TPSA) is 20.3 Å². The largest absolute Gasteiger partial charge is 0.381 e. The summed E-state index contributed by atoms with van der Waals surface area (Å²) in [5, 5.41) is 0.608. The molecule has 0 aliphatic heterocycles. The summed E-state index contributed by atoms with van der Waals surface area (Å²) in [4.78, 5) is 13.8. The maximum Gasteiger partial charge on any atom is 0.188 e. The van der Waals surface area contributed by atoms with Gasteiger partial charge in [-0.1, -0.05) is 11.6 Å². The zero-order valence-corrected chi connectivity index (χ0v) is 11.8. The normalized spacial score (nSPS) is 11.4. The van der Waals surface area contributed by atoms with Crippen LogP contribution in [0, 0.1) is 0 Å². The fourth-order valence-corrected chi connectivity index (χ4v) is 1.96. The van der Waals surface area contributed by atoms with Crippen LogP contribution < -0.4 is 0 Å². The molecule has 0 spiro atoms. The number of allylic oxidation sites excluding steroid dienone is 2. The first-order valence-electron chi connectivity index (χ1n) is 4.77. The van der Waals surface area contributed by atoms with E-state index in [1.165, 1.54) is 0 Å². The molecule has 86 valence electrons. The van der Waals surface area contributed by atoms with Gasteiger partial charge in [0.15, 0.2) is 5.78 Å². The number of carbonyl (C=O) groups excluding carboxylic acids is 1. The molecule has 0 N–H and O–H groups in total. The predicted octanol–water partition coefficient (Wildman–Crippen LogP) is 3.75. The molecule has 0 aliphatic carbocycles. The van der Waals surface area contributed by atoms with Crippen molar-refractivity contribution in [3.63, 3.8) is 0 Å². The van der Waals surface area contributed by atoms with E-state index in [1.807, 2.05) is 25.9 Å². The van der Waals surface area contributed by atoms with E-state index >= 15 is 0 Å². The Bertz CT molecular complexity index is 441. The summed E-state index contributed by atoms with van der Waals surface area (Å²) in [5.41, 5.74) is 1.53. The van der Waals surface area contributed by atoms with Crippen LogP contribution in [0.3, 0.4) is 0 Å². The van der Waals surface area contributed by atoms with Crippen LogP contribution in [0.15, 0.2) is 34.4 Å². The summed E-state index contributed by atoms with van der Waals surface area (Å²) in [7, 11) is 3.80. The van der Waals surface area contributed by atoms with Crippen molar-refractivity contribution in [3.8, 4) is 0 Å². The maximum atomic E-state index is 11.9. The van der Waals surface area contributed by atoms with Crippen molar-refractivity contribution in [2.75, 3.05) is 14.1 Å². The smallest absolute Gasteiger partial charge is 0.188 e. The van der Waals surface area contributed by atoms with E-state index < -0.39 is 0 Å². The van der Waals surface area contributed by atoms with Crippen molar-refractivity contribution < 1.29 is 4.79 Å². The van der Waals surface area contributed by atoms with Gasteiger partial charge in [-0.05, 0) is 41.1 Å². The monoisotopic (exact) mass is 301 g/mol. The number of benzene rings is 1. The van der Waals surface area contributed by atoms with Gasteiger partial charge in [0.05, 0.1) is 0 Å². The minimum atomic E-state index is -0.0326. The summed E-state index contributed by atoms with van der Waals surface area (Å²) in [6.45, 7) is 1.89. The summed E-state index contributed by atoms with van der Waals surface area (Å²) in [5.74, 6) is -0.0326. The first-order valence-corrected chi connectivity index (χ1v) is 5.94. The SMILES string of the molecule is C/C(=C/C(=O)c1ccc(Cl)cc1Br)N(C)C. The molecule has 0 amide bonds. The number of nitrogens with zero attached hydrogens (tertiary/aromatic N) is 1. The summed E-state index contributed by atoms with van der Waals surface area (Å²) in [6, 6.07) is 5.14. The molecule has 0 fully saturated rings. The molecule has 0 saturated heterocycles. The zero-order valence-electron chi connectivity index (χ0n) is 9.42. The van der Waals surface area contributed by atoms with Gasteiger partial charge >= 0.3 is 0 Å². The molecule has 1 aromatic rings. The molecule has 0 aromatic heterocycles. The molecule has 0 saturated carbocycles. The van der Waals surface area contributed by atoms with Gasteiger partial charge in [-0.15, -0.1) is 0 Å². The number of ketones is 1. The van der Waals surface area contributed by atoms with Crippen molar-refractivity contribution in [1.82, 2.24) is 4.90 Å². The van der Waals surface area contributed by atoms with Gasteiger partial charge in [-0.3, -0.25) is 4.79 Å². The van der Waals surface area contributed by atoms with Crippen LogP contribution in [-0.2, 0) is 0 Å². The lowest BCUT2D eigenvalue weighted by Gasteiger charge is -2.12. The second-order valence-corrected chi connectivity index (χ2v) is 4.96. The standard InChI is InChI=1S/C12H13BrClNO/c1-8(15(2)3)6-12(16)10-5-4-9(14)7-11(10)13/h4-7H,1-3H3/b8-6-. The third kappa shape index (κ3) is 3.35. The van der Waals surface area contributed by atoms with Crippen LogP contribution >= 0.6 is 27.5 Å². The minimum Gasteiger partial charge on any atom is -0.381 e. The maximum absolute atomic E-state index is 11.9. The quantitative estimate of drug-likeness (QED) is 0.626. The second-order valence-electron chi connectivity index (χ2n) is 3.67. The highest BCUT2D eigenvalue weighted by Crippen LogP contribution is 2.22. The number of hydrogen-bond donors (Lipinski definition) is 0. The molecule has 1 rings (SSSR count). The molecule has 0 radical (unpaired) electrons. The van der Waals surface area contributed by atoms with Crippen molar-refractivity contribution in [2.45, 2.75) is 6.92 Å². The molecule has 0 bridgehead atoms. The lowest BCUT2D eigenvalue weighted by molar-refractivity contribution is 0.104.